The van der Waals surface area contributed by atoms with Gasteiger partial charge >= 0.3 is 6.01 Å². The average molecular weight is 265 g/mol. The Morgan fingerprint density at radius 1 is 1.26 bits per heavy atom. The molecule has 3 N–H and O–H groups in total. The summed E-state index contributed by atoms with van der Waals surface area (Å²) in [5, 5.41) is 0. The Hall–Kier alpha value is -1.67. The van der Waals surface area contributed by atoms with Crippen molar-refractivity contribution in [2.24, 2.45) is 5.84 Å². The van der Waals surface area contributed by atoms with E-state index in [9.17, 15) is 0 Å². The number of rotatable bonds is 3. The summed E-state index contributed by atoms with van der Waals surface area (Å²) >= 11 is 0. The van der Waals surface area contributed by atoms with Gasteiger partial charge in [0.05, 0.1) is 7.11 Å². The van der Waals surface area contributed by atoms with E-state index in [1.807, 2.05) is 0 Å². The van der Waals surface area contributed by atoms with Gasteiger partial charge in [-0.25, -0.2) is 5.84 Å². The highest BCUT2D eigenvalue weighted by Gasteiger charge is 2.31. The van der Waals surface area contributed by atoms with Crippen LogP contribution in [0.3, 0.4) is 0 Å². The van der Waals surface area contributed by atoms with Gasteiger partial charge in [-0.2, -0.15) is 15.0 Å². The number of hydrazine groups is 1. The summed E-state index contributed by atoms with van der Waals surface area (Å²) in [4.78, 5) is 17.3. The van der Waals surface area contributed by atoms with Crippen LogP contribution in [-0.4, -0.2) is 59.2 Å². The summed E-state index contributed by atoms with van der Waals surface area (Å²) in [6.07, 6.45) is 2.54. The van der Waals surface area contributed by atoms with Gasteiger partial charge < -0.3 is 9.64 Å². The molecule has 1 aromatic rings. The fraction of sp³-hybridized carbons (Fsp3) is 0.727. The molecule has 2 saturated heterocycles. The fourth-order valence-corrected chi connectivity index (χ4v) is 2.82. The van der Waals surface area contributed by atoms with Gasteiger partial charge in [0.15, 0.2) is 0 Å². The third-order valence-corrected chi connectivity index (χ3v) is 3.78. The van der Waals surface area contributed by atoms with E-state index >= 15 is 0 Å². The molecule has 1 unspecified atom stereocenters. The van der Waals surface area contributed by atoms with E-state index in [0.29, 0.717) is 17.9 Å². The molecule has 0 saturated carbocycles. The molecular formula is C11H19N7O. The molecule has 0 amide bonds. The Balaban J connectivity index is 1.81. The largest absolute Gasteiger partial charge is 0.467 e. The standard InChI is InChI=1S/C11H19N7O/c1-19-11-14-9(16-12)13-10(15-11)18-6-5-17-4-2-3-8(17)7-18/h8H,2-7,12H2,1H3,(H,13,14,15,16). The van der Waals surface area contributed by atoms with Crippen LogP contribution in [0.25, 0.3) is 0 Å². The Bertz CT molecular complexity index is 432. The SMILES string of the molecule is COc1nc(NN)nc(N2CCN3CCCC3C2)n1. The van der Waals surface area contributed by atoms with Gasteiger partial charge in [-0.05, 0) is 19.4 Å². The maximum Gasteiger partial charge on any atom is 0.322 e. The lowest BCUT2D eigenvalue weighted by Gasteiger charge is -2.37. The lowest BCUT2D eigenvalue weighted by Crippen LogP contribution is -2.50. The molecule has 8 heteroatoms. The second-order valence-electron chi connectivity index (χ2n) is 4.87. The third-order valence-electron chi connectivity index (χ3n) is 3.78. The Kier molecular flexibility index (Phi) is 3.34. The molecule has 1 atom stereocenters. The molecule has 3 heterocycles. The number of ether oxygens (including phenoxy) is 1. The van der Waals surface area contributed by atoms with Crippen LogP contribution < -0.4 is 20.9 Å². The van der Waals surface area contributed by atoms with E-state index in [4.69, 9.17) is 10.6 Å². The highest BCUT2D eigenvalue weighted by Crippen LogP contribution is 2.24. The summed E-state index contributed by atoms with van der Waals surface area (Å²) < 4.78 is 5.08. The maximum absolute atomic E-state index is 5.37. The van der Waals surface area contributed by atoms with Gasteiger partial charge in [-0.3, -0.25) is 10.3 Å². The highest BCUT2D eigenvalue weighted by atomic mass is 16.5. The van der Waals surface area contributed by atoms with Gasteiger partial charge in [0, 0.05) is 25.7 Å². The molecule has 104 valence electrons. The zero-order valence-corrected chi connectivity index (χ0v) is 11.0. The van der Waals surface area contributed by atoms with E-state index in [0.717, 1.165) is 19.6 Å². The second-order valence-corrected chi connectivity index (χ2v) is 4.87. The van der Waals surface area contributed by atoms with Gasteiger partial charge in [-0.1, -0.05) is 0 Å². The van der Waals surface area contributed by atoms with Gasteiger partial charge in [0.25, 0.3) is 0 Å². The number of nitrogen functional groups attached to an aromatic ring is 1. The van der Waals surface area contributed by atoms with Crippen molar-refractivity contribution in [1.82, 2.24) is 19.9 Å². The molecular weight excluding hydrogens is 246 g/mol. The van der Waals surface area contributed by atoms with E-state index in [2.05, 4.69) is 30.2 Å². The zero-order valence-electron chi connectivity index (χ0n) is 11.0. The fourth-order valence-electron chi connectivity index (χ4n) is 2.82. The molecule has 2 fully saturated rings. The number of aromatic nitrogens is 3. The molecule has 0 aliphatic carbocycles. The topological polar surface area (TPSA) is 92.4 Å². The number of anilines is 2. The summed E-state index contributed by atoms with van der Waals surface area (Å²) in [6, 6.07) is 0.901. The molecule has 0 aromatic carbocycles. The van der Waals surface area contributed by atoms with Gasteiger partial charge in [0.1, 0.15) is 0 Å². The predicted octanol–water partition coefficient (Wildman–Crippen LogP) is -0.550. The minimum Gasteiger partial charge on any atom is -0.467 e. The number of methoxy groups -OCH3 is 1. The molecule has 0 spiro atoms. The molecule has 2 aliphatic heterocycles. The zero-order chi connectivity index (χ0) is 13.2. The molecule has 0 bridgehead atoms. The van der Waals surface area contributed by atoms with Crippen LogP contribution in [0.4, 0.5) is 11.9 Å². The van der Waals surface area contributed by atoms with Crippen LogP contribution in [0.15, 0.2) is 0 Å². The summed E-state index contributed by atoms with van der Waals surface area (Å²) in [6.45, 7) is 4.16. The minimum absolute atomic E-state index is 0.284. The second kappa shape index (κ2) is 5.14. The van der Waals surface area contributed by atoms with Crippen LogP contribution in [0, 0.1) is 0 Å². The monoisotopic (exact) mass is 265 g/mol. The summed E-state index contributed by atoms with van der Waals surface area (Å²) in [5.41, 5.74) is 2.45. The number of hydrogen-bond acceptors (Lipinski definition) is 8. The Morgan fingerprint density at radius 2 is 2.16 bits per heavy atom. The van der Waals surface area contributed by atoms with Crippen LogP contribution in [0.5, 0.6) is 6.01 Å². The van der Waals surface area contributed by atoms with Crippen LogP contribution in [-0.2, 0) is 0 Å². The third kappa shape index (κ3) is 2.41. The number of fused-ring (bicyclic) bond motifs is 1. The number of nitrogens with two attached hydrogens (primary N) is 1. The Morgan fingerprint density at radius 3 is 2.95 bits per heavy atom. The molecule has 0 radical (unpaired) electrons. The summed E-state index contributed by atoms with van der Waals surface area (Å²) in [5.74, 6) is 6.33. The van der Waals surface area contributed by atoms with Gasteiger partial charge in [-0.15, -0.1) is 0 Å². The Labute approximate surface area is 111 Å². The van der Waals surface area contributed by atoms with Crippen LogP contribution in [0.1, 0.15) is 12.8 Å². The first-order chi connectivity index (χ1) is 9.30. The van der Waals surface area contributed by atoms with Crippen molar-refractivity contribution in [3.8, 4) is 6.01 Å². The number of piperazine rings is 1. The van der Waals surface area contributed by atoms with Crippen LogP contribution in [0.2, 0.25) is 0 Å². The molecule has 3 rings (SSSR count). The maximum atomic E-state index is 5.37. The van der Waals surface area contributed by atoms with Crippen molar-refractivity contribution in [3.63, 3.8) is 0 Å². The molecule has 8 nitrogen and oxygen atoms in total. The van der Waals surface area contributed by atoms with Crippen molar-refractivity contribution in [3.05, 3.63) is 0 Å². The van der Waals surface area contributed by atoms with E-state index < -0.39 is 0 Å². The summed E-state index contributed by atoms with van der Waals surface area (Å²) in [7, 11) is 1.54. The normalized spacial score (nSPS) is 23.3. The number of nitrogens with one attached hydrogen (secondary N) is 1. The molecule has 19 heavy (non-hydrogen) atoms. The van der Waals surface area contributed by atoms with Gasteiger partial charge in [0.2, 0.25) is 11.9 Å². The molecule has 1 aromatic heterocycles. The first-order valence-corrected chi connectivity index (χ1v) is 6.56. The van der Waals surface area contributed by atoms with E-state index in [1.54, 1.807) is 0 Å². The van der Waals surface area contributed by atoms with E-state index in [-0.39, 0.29) is 6.01 Å². The quantitative estimate of drug-likeness (QED) is 0.555. The minimum atomic E-state index is 0.284. The molecule has 2 aliphatic rings. The average Bonchev–Trinajstić information content (AvgIpc) is 2.94. The lowest BCUT2D eigenvalue weighted by molar-refractivity contribution is 0.229. The number of nitrogens with zero attached hydrogens (tertiary/aromatic N) is 5. The smallest absolute Gasteiger partial charge is 0.322 e. The van der Waals surface area contributed by atoms with Crippen molar-refractivity contribution in [2.45, 2.75) is 18.9 Å². The number of hydrogen-bond donors (Lipinski definition) is 2. The van der Waals surface area contributed by atoms with Crippen molar-refractivity contribution in [2.75, 3.05) is 43.6 Å². The van der Waals surface area contributed by atoms with Crippen molar-refractivity contribution in [1.29, 1.82) is 0 Å². The van der Waals surface area contributed by atoms with Crippen LogP contribution >= 0.6 is 0 Å². The van der Waals surface area contributed by atoms with Crippen molar-refractivity contribution >= 4 is 11.9 Å². The highest BCUT2D eigenvalue weighted by molar-refractivity contribution is 5.38. The van der Waals surface area contributed by atoms with Crippen molar-refractivity contribution < 1.29 is 4.74 Å². The first-order valence-electron chi connectivity index (χ1n) is 6.56. The lowest BCUT2D eigenvalue weighted by atomic mass is 10.2. The van der Waals surface area contributed by atoms with E-state index in [1.165, 1.54) is 26.5 Å². The predicted molar refractivity (Wildman–Crippen MR) is 71.0 cm³/mol. The first kappa shape index (κ1) is 12.4.